The van der Waals surface area contributed by atoms with Crippen LogP contribution < -0.4 is 10.6 Å². The van der Waals surface area contributed by atoms with Crippen LogP contribution in [0.2, 0.25) is 0 Å². The van der Waals surface area contributed by atoms with E-state index in [0.29, 0.717) is 12.5 Å². The third-order valence-electron chi connectivity index (χ3n) is 6.28. The van der Waals surface area contributed by atoms with Gasteiger partial charge in [0.25, 0.3) is 0 Å². The predicted octanol–water partition coefficient (Wildman–Crippen LogP) is 2.53. The highest BCUT2D eigenvalue weighted by Crippen LogP contribution is 2.37. The molecule has 1 atom stereocenters. The quantitative estimate of drug-likeness (QED) is 0.319. The van der Waals surface area contributed by atoms with Gasteiger partial charge in [-0.3, -0.25) is 14.7 Å². The van der Waals surface area contributed by atoms with E-state index < -0.39 is 0 Å². The van der Waals surface area contributed by atoms with Crippen molar-refractivity contribution in [2.24, 2.45) is 4.99 Å². The van der Waals surface area contributed by atoms with Crippen molar-refractivity contribution < 1.29 is 4.79 Å². The number of aliphatic imine (C=N–C) groups is 1. The van der Waals surface area contributed by atoms with Gasteiger partial charge in [-0.05, 0) is 26.2 Å². The van der Waals surface area contributed by atoms with Gasteiger partial charge in [-0.1, -0.05) is 19.8 Å². The summed E-state index contributed by atoms with van der Waals surface area (Å²) < 4.78 is 0. The second-order valence-electron chi connectivity index (χ2n) is 8.05. The number of hydrogen-bond donors (Lipinski definition) is 2. The molecule has 1 saturated carbocycles. The van der Waals surface area contributed by atoms with Gasteiger partial charge < -0.3 is 15.5 Å². The average Bonchev–Trinajstić information content (AvgIpc) is 3.37. The summed E-state index contributed by atoms with van der Waals surface area (Å²) in [6, 6.07) is 0.309. The molecule has 0 bridgehead atoms. The van der Waals surface area contributed by atoms with Crippen LogP contribution in [-0.4, -0.2) is 84.0 Å². The van der Waals surface area contributed by atoms with E-state index in [1.165, 1.54) is 50.3 Å². The summed E-state index contributed by atoms with van der Waals surface area (Å²) >= 11 is 2.08. The molecule has 0 aromatic carbocycles. The van der Waals surface area contributed by atoms with Gasteiger partial charge in [0.05, 0.1) is 6.54 Å². The minimum Gasteiger partial charge on any atom is -0.357 e. The molecule has 3 aliphatic rings. The van der Waals surface area contributed by atoms with Crippen molar-refractivity contribution >= 4 is 47.6 Å². The molecular formula is C20H38IN5OS. The number of nitrogens with one attached hydrogen (secondary N) is 2. The van der Waals surface area contributed by atoms with E-state index in [-0.39, 0.29) is 35.4 Å². The third-order valence-corrected chi connectivity index (χ3v) is 7.22. The molecule has 2 N–H and O–H groups in total. The molecule has 0 radical (unpaired) electrons. The number of hydrogen-bond acceptors (Lipinski definition) is 4. The number of likely N-dealkylation sites (tertiary alicyclic amines) is 1. The molecule has 8 heteroatoms. The number of halogens is 1. The SMILES string of the molecule is CCNC(=NCC1(N2CCSCC2)CCCC1)NC1CCN(C(=O)CC)C1.I. The first-order valence-electron chi connectivity index (χ1n) is 10.8. The van der Waals surface area contributed by atoms with Crippen LogP contribution in [0.3, 0.4) is 0 Å². The van der Waals surface area contributed by atoms with Gasteiger partial charge in [0.1, 0.15) is 0 Å². The lowest BCUT2D eigenvalue weighted by atomic mass is 9.95. The van der Waals surface area contributed by atoms with Crippen molar-refractivity contribution in [3.8, 4) is 0 Å². The van der Waals surface area contributed by atoms with Crippen molar-refractivity contribution in [1.82, 2.24) is 20.4 Å². The number of carbonyl (C=O) groups is 1. The van der Waals surface area contributed by atoms with Gasteiger partial charge >= 0.3 is 0 Å². The van der Waals surface area contributed by atoms with Gasteiger partial charge in [0.2, 0.25) is 5.91 Å². The summed E-state index contributed by atoms with van der Waals surface area (Å²) in [6.07, 6.45) is 6.83. The molecule has 6 nitrogen and oxygen atoms in total. The largest absolute Gasteiger partial charge is 0.357 e. The Morgan fingerprint density at radius 2 is 1.89 bits per heavy atom. The highest BCUT2D eigenvalue weighted by Gasteiger charge is 2.40. The Labute approximate surface area is 192 Å². The molecule has 3 rings (SSSR count). The Morgan fingerprint density at radius 3 is 2.54 bits per heavy atom. The fourth-order valence-corrected chi connectivity index (χ4v) is 5.62. The number of carbonyl (C=O) groups excluding carboxylic acids is 1. The molecule has 28 heavy (non-hydrogen) atoms. The Balaban J connectivity index is 0.00000280. The van der Waals surface area contributed by atoms with E-state index in [0.717, 1.165) is 38.6 Å². The van der Waals surface area contributed by atoms with Crippen LogP contribution in [0.15, 0.2) is 4.99 Å². The number of rotatable bonds is 6. The van der Waals surface area contributed by atoms with Crippen molar-refractivity contribution in [2.45, 2.75) is 64.0 Å². The van der Waals surface area contributed by atoms with E-state index >= 15 is 0 Å². The Bertz CT molecular complexity index is 521. The summed E-state index contributed by atoms with van der Waals surface area (Å²) in [5.74, 6) is 3.69. The number of nitrogens with zero attached hydrogens (tertiary/aromatic N) is 3. The third kappa shape index (κ3) is 6.14. The van der Waals surface area contributed by atoms with E-state index in [1.807, 2.05) is 11.8 Å². The summed E-state index contributed by atoms with van der Waals surface area (Å²) in [7, 11) is 0. The first-order valence-corrected chi connectivity index (χ1v) is 12.0. The second kappa shape index (κ2) is 11.8. The van der Waals surface area contributed by atoms with Crippen LogP contribution in [0.1, 0.15) is 52.4 Å². The minimum atomic E-state index is 0. The zero-order valence-corrected chi connectivity index (χ0v) is 20.7. The Morgan fingerprint density at radius 1 is 1.18 bits per heavy atom. The van der Waals surface area contributed by atoms with Crippen LogP contribution in [-0.2, 0) is 4.79 Å². The minimum absolute atomic E-state index is 0. The molecule has 1 aliphatic carbocycles. The molecule has 2 saturated heterocycles. The number of amides is 1. The average molecular weight is 524 g/mol. The summed E-state index contributed by atoms with van der Waals surface area (Å²) in [4.78, 5) is 21.7. The highest BCUT2D eigenvalue weighted by molar-refractivity contribution is 14.0. The smallest absolute Gasteiger partial charge is 0.222 e. The maximum absolute atomic E-state index is 11.9. The lowest BCUT2D eigenvalue weighted by Gasteiger charge is -2.42. The summed E-state index contributed by atoms with van der Waals surface area (Å²) in [5.41, 5.74) is 0.267. The van der Waals surface area contributed by atoms with E-state index in [1.54, 1.807) is 0 Å². The van der Waals surface area contributed by atoms with E-state index in [4.69, 9.17) is 4.99 Å². The monoisotopic (exact) mass is 523 g/mol. The lowest BCUT2D eigenvalue weighted by molar-refractivity contribution is -0.129. The molecule has 0 spiro atoms. The van der Waals surface area contributed by atoms with E-state index in [9.17, 15) is 4.79 Å². The maximum Gasteiger partial charge on any atom is 0.222 e. The van der Waals surface area contributed by atoms with Crippen LogP contribution in [0.4, 0.5) is 0 Å². The molecular weight excluding hydrogens is 485 g/mol. The topological polar surface area (TPSA) is 60.0 Å². The van der Waals surface area contributed by atoms with Gasteiger partial charge in [-0.25, -0.2) is 0 Å². The van der Waals surface area contributed by atoms with Crippen LogP contribution in [0, 0.1) is 0 Å². The molecule has 0 aromatic heterocycles. The van der Waals surface area contributed by atoms with Crippen LogP contribution >= 0.6 is 35.7 Å². The molecule has 162 valence electrons. The lowest BCUT2D eigenvalue weighted by Crippen LogP contribution is -2.53. The number of guanidine groups is 1. The van der Waals surface area contributed by atoms with Gasteiger partial charge in [-0.2, -0.15) is 11.8 Å². The molecule has 1 unspecified atom stereocenters. The van der Waals surface area contributed by atoms with Gasteiger partial charge in [0, 0.05) is 62.2 Å². The molecule has 1 amide bonds. The van der Waals surface area contributed by atoms with Crippen LogP contribution in [0.5, 0.6) is 0 Å². The standard InChI is InChI=1S/C20H37N5OS.HI/c1-3-18(26)24-10-7-17(15-24)23-19(21-4-2)22-16-20(8-5-6-9-20)25-11-13-27-14-12-25;/h17H,3-16H2,1-2H3,(H2,21,22,23);1H. The number of thioether (sulfide) groups is 1. The van der Waals surface area contributed by atoms with Crippen molar-refractivity contribution in [1.29, 1.82) is 0 Å². The van der Waals surface area contributed by atoms with Crippen molar-refractivity contribution in [2.75, 3.05) is 50.8 Å². The summed E-state index contributed by atoms with van der Waals surface area (Å²) in [5, 5.41) is 7.02. The fraction of sp³-hybridized carbons (Fsp3) is 0.900. The maximum atomic E-state index is 11.9. The normalized spacial score (nSPS) is 25.4. The Hall–Kier alpha value is -0.220. The van der Waals surface area contributed by atoms with Crippen LogP contribution in [0.25, 0.3) is 0 Å². The molecule has 2 aliphatic heterocycles. The van der Waals surface area contributed by atoms with Crippen molar-refractivity contribution in [3.05, 3.63) is 0 Å². The molecule has 0 aromatic rings. The summed E-state index contributed by atoms with van der Waals surface area (Å²) in [6.45, 7) is 9.88. The predicted molar refractivity (Wildman–Crippen MR) is 130 cm³/mol. The zero-order chi connectivity index (χ0) is 19.1. The van der Waals surface area contributed by atoms with Crippen molar-refractivity contribution in [3.63, 3.8) is 0 Å². The highest BCUT2D eigenvalue weighted by atomic mass is 127. The first-order chi connectivity index (χ1) is 13.2. The fourth-order valence-electron chi connectivity index (χ4n) is 4.71. The van der Waals surface area contributed by atoms with Gasteiger partial charge in [-0.15, -0.1) is 24.0 Å². The molecule has 3 fully saturated rings. The Kier molecular flexibility index (Phi) is 10.2. The molecule has 2 heterocycles. The second-order valence-corrected chi connectivity index (χ2v) is 9.27. The first kappa shape index (κ1) is 24.1. The van der Waals surface area contributed by atoms with Gasteiger partial charge in [0.15, 0.2) is 5.96 Å². The zero-order valence-electron chi connectivity index (χ0n) is 17.5. The van der Waals surface area contributed by atoms with E-state index in [2.05, 4.69) is 34.2 Å².